The minimum absolute atomic E-state index is 0.583. The molecule has 0 aliphatic carbocycles. The molecule has 1 N–H and O–H groups in total. The molecule has 0 radical (unpaired) electrons. The first kappa shape index (κ1) is 14.4. The Morgan fingerprint density at radius 1 is 1.47 bits per heavy atom. The van der Waals surface area contributed by atoms with Crippen molar-refractivity contribution in [2.75, 3.05) is 19.6 Å². The number of likely N-dealkylation sites (tertiary alicyclic amines) is 1. The molecule has 1 fully saturated rings. The van der Waals surface area contributed by atoms with E-state index in [9.17, 15) is 0 Å². The molecule has 0 bridgehead atoms. The van der Waals surface area contributed by atoms with Crippen LogP contribution in [0.2, 0.25) is 0 Å². The molecule has 19 heavy (non-hydrogen) atoms. The summed E-state index contributed by atoms with van der Waals surface area (Å²) >= 11 is 0. The third-order valence-corrected chi connectivity index (χ3v) is 3.64. The summed E-state index contributed by atoms with van der Waals surface area (Å²) in [5.74, 6) is 1.65. The largest absolute Gasteiger partial charge is 0.314 e. The molecule has 1 aromatic rings. The summed E-state index contributed by atoms with van der Waals surface area (Å²) in [6.45, 7) is 10.9. The molecule has 1 aliphatic rings. The molecular weight excluding hydrogens is 236 g/mol. The van der Waals surface area contributed by atoms with Gasteiger partial charge >= 0.3 is 0 Å². The van der Waals surface area contributed by atoms with Crippen LogP contribution in [0.5, 0.6) is 0 Å². The maximum atomic E-state index is 4.50. The van der Waals surface area contributed by atoms with Crippen molar-refractivity contribution >= 4 is 0 Å². The number of piperidine rings is 1. The third-order valence-electron chi connectivity index (χ3n) is 3.64. The first-order valence-corrected chi connectivity index (χ1v) is 7.37. The van der Waals surface area contributed by atoms with E-state index < -0.39 is 0 Å². The molecule has 2 rings (SSSR count). The summed E-state index contributed by atoms with van der Waals surface area (Å²) in [7, 11) is 0. The van der Waals surface area contributed by atoms with Crippen LogP contribution in [0.4, 0.5) is 0 Å². The maximum absolute atomic E-state index is 4.50. The van der Waals surface area contributed by atoms with Crippen LogP contribution in [0.15, 0.2) is 12.3 Å². The third kappa shape index (κ3) is 4.88. The van der Waals surface area contributed by atoms with Crippen LogP contribution in [-0.2, 0) is 6.54 Å². The van der Waals surface area contributed by atoms with Crippen molar-refractivity contribution in [2.24, 2.45) is 5.92 Å². The van der Waals surface area contributed by atoms with Crippen LogP contribution in [0.25, 0.3) is 0 Å². The lowest BCUT2D eigenvalue weighted by molar-refractivity contribution is 0.162. The van der Waals surface area contributed by atoms with Crippen LogP contribution >= 0.6 is 0 Å². The number of hydrogen-bond donors (Lipinski definition) is 1. The second-order valence-corrected chi connectivity index (χ2v) is 5.90. The highest BCUT2D eigenvalue weighted by atomic mass is 15.1. The monoisotopic (exact) mass is 262 g/mol. The molecular formula is C15H26N4. The van der Waals surface area contributed by atoms with Gasteiger partial charge in [0.25, 0.3) is 0 Å². The van der Waals surface area contributed by atoms with Crippen molar-refractivity contribution in [3.05, 3.63) is 23.8 Å². The molecule has 4 nitrogen and oxygen atoms in total. The zero-order chi connectivity index (χ0) is 13.7. The molecule has 2 heterocycles. The Kier molecular flexibility index (Phi) is 5.28. The molecule has 0 amide bonds. The van der Waals surface area contributed by atoms with E-state index >= 15 is 0 Å². The number of nitrogens with zero attached hydrogens (tertiary/aromatic N) is 3. The summed E-state index contributed by atoms with van der Waals surface area (Å²) in [5, 5.41) is 3.56. The highest BCUT2D eigenvalue weighted by Crippen LogP contribution is 2.17. The highest BCUT2D eigenvalue weighted by Gasteiger charge is 2.20. The average Bonchev–Trinajstić information content (AvgIpc) is 2.37. The molecule has 106 valence electrons. The molecule has 4 heteroatoms. The first-order chi connectivity index (χ1) is 9.13. The lowest BCUT2D eigenvalue weighted by Gasteiger charge is -2.33. The maximum Gasteiger partial charge on any atom is 0.125 e. The summed E-state index contributed by atoms with van der Waals surface area (Å²) in [4.78, 5) is 11.2. The Balaban J connectivity index is 1.83. The molecule has 1 atom stereocenters. The number of aryl methyl sites for hydroxylation is 1. The van der Waals surface area contributed by atoms with Gasteiger partial charge in [-0.2, -0.15) is 0 Å². The summed E-state index contributed by atoms with van der Waals surface area (Å²) in [6, 6.07) is 2.61. The molecule has 0 aromatic carbocycles. The van der Waals surface area contributed by atoms with Gasteiger partial charge in [-0.3, -0.25) is 4.90 Å². The molecule has 1 unspecified atom stereocenters. The van der Waals surface area contributed by atoms with Crippen molar-refractivity contribution in [3.63, 3.8) is 0 Å². The van der Waals surface area contributed by atoms with E-state index in [0.29, 0.717) is 6.04 Å². The molecule has 1 aliphatic heterocycles. The van der Waals surface area contributed by atoms with Crippen molar-refractivity contribution in [1.29, 1.82) is 0 Å². The Morgan fingerprint density at radius 3 is 3.05 bits per heavy atom. The van der Waals surface area contributed by atoms with Crippen LogP contribution in [-0.4, -0.2) is 40.5 Å². The lowest BCUT2D eigenvalue weighted by atomic mass is 9.97. The van der Waals surface area contributed by atoms with E-state index in [-0.39, 0.29) is 0 Å². The Hall–Kier alpha value is -1.00. The van der Waals surface area contributed by atoms with Gasteiger partial charge in [0.2, 0.25) is 0 Å². The standard InChI is InChI=1S/C15H26N4/c1-12(2)17-9-14-5-4-8-19(10-14)11-15-6-7-16-13(3)18-15/h6-7,12,14,17H,4-5,8-11H2,1-3H3. The summed E-state index contributed by atoms with van der Waals surface area (Å²) in [5.41, 5.74) is 1.14. The number of aromatic nitrogens is 2. The van der Waals surface area contributed by atoms with E-state index in [1.54, 1.807) is 0 Å². The topological polar surface area (TPSA) is 41.1 Å². The van der Waals surface area contributed by atoms with Gasteiger partial charge in [-0.25, -0.2) is 9.97 Å². The fourth-order valence-corrected chi connectivity index (χ4v) is 2.69. The predicted octanol–water partition coefficient (Wildman–Crippen LogP) is 2.00. The van der Waals surface area contributed by atoms with E-state index in [1.807, 2.05) is 19.2 Å². The first-order valence-electron chi connectivity index (χ1n) is 7.37. The summed E-state index contributed by atoms with van der Waals surface area (Å²) in [6.07, 6.45) is 4.51. The zero-order valence-corrected chi connectivity index (χ0v) is 12.4. The Bertz CT molecular complexity index is 391. The quantitative estimate of drug-likeness (QED) is 0.881. The van der Waals surface area contributed by atoms with Crippen LogP contribution in [0.1, 0.15) is 38.2 Å². The average molecular weight is 262 g/mol. The van der Waals surface area contributed by atoms with Crippen LogP contribution in [0.3, 0.4) is 0 Å². The van der Waals surface area contributed by atoms with E-state index in [2.05, 4.69) is 34.0 Å². The van der Waals surface area contributed by atoms with Gasteiger partial charge in [-0.15, -0.1) is 0 Å². The number of hydrogen-bond acceptors (Lipinski definition) is 4. The van der Waals surface area contributed by atoms with E-state index in [4.69, 9.17) is 0 Å². The number of rotatable bonds is 5. The van der Waals surface area contributed by atoms with Crippen LogP contribution in [0, 0.1) is 12.8 Å². The van der Waals surface area contributed by atoms with Gasteiger partial charge < -0.3 is 5.32 Å². The van der Waals surface area contributed by atoms with Gasteiger partial charge in [0.1, 0.15) is 5.82 Å². The Labute approximate surface area is 116 Å². The second kappa shape index (κ2) is 6.96. The van der Waals surface area contributed by atoms with Crippen molar-refractivity contribution in [3.8, 4) is 0 Å². The number of nitrogens with one attached hydrogen (secondary N) is 1. The summed E-state index contributed by atoms with van der Waals surface area (Å²) < 4.78 is 0. The zero-order valence-electron chi connectivity index (χ0n) is 12.4. The fourth-order valence-electron chi connectivity index (χ4n) is 2.69. The molecule has 0 saturated carbocycles. The van der Waals surface area contributed by atoms with Crippen molar-refractivity contribution in [1.82, 2.24) is 20.2 Å². The molecule has 1 saturated heterocycles. The van der Waals surface area contributed by atoms with E-state index in [0.717, 1.165) is 30.5 Å². The SMILES string of the molecule is Cc1nccc(CN2CCCC(CNC(C)C)C2)n1. The van der Waals surface area contributed by atoms with Gasteiger partial charge in [0.05, 0.1) is 5.69 Å². The van der Waals surface area contributed by atoms with Gasteiger partial charge in [-0.05, 0) is 44.8 Å². The second-order valence-electron chi connectivity index (χ2n) is 5.90. The van der Waals surface area contributed by atoms with Crippen molar-refractivity contribution in [2.45, 2.75) is 46.2 Å². The van der Waals surface area contributed by atoms with Gasteiger partial charge in [0, 0.05) is 25.3 Å². The fraction of sp³-hybridized carbons (Fsp3) is 0.733. The van der Waals surface area contributed by atoms with Gasteiger partial charge in [-0.1, -0.05) is 13.8 Å². The normalized spacial score (nSPS) is 20.9. The van der Waals surface area contributed by atoms with Crippen LogP contribution < -0.4 is 5.32 Å². The van der Waals surface area contributed by atoms with Crippen molar-refractivity contribution < 1.29 is 0 Å². The smallest absolute Gasteiger partial charge is 0.125 e. The highest BCUT2D eigenvalue weighted by molar-refractivity contribution is 5.01. The molecule has 0 spiro atoms. The minimum atomic E-state index is 0.583. The minimum Gasteiger partial charge on any atom is -0.314 e. The van der Waals surface area contributed by atoms with Gasteiger partial charge in [0.15, 0.2) is 0 Å². The predicted molar refractivity (Wildman–Crippen MR) is 77.9 cm³/mol. The Morgan fingerprint density at radius 2 is 2.32 bits per heavy atom. The lowest BCUT2D eigenvalue weighted by Crippen LogP contribution is -2.40. The molecule has 1 aromatic heterocycles. The van der Waals surface area contributed by atoms with E-state index in [1.165, 1.54) is 25.9 Å².